The van der Waals surface area contributed by atoms with E-state index in [1.807, 2.05) is 4.90 Å². The van der Waals surface area contributed by atoms with Crippen LogP contribution in [0, 0.1) is 5.92 Å². The van der Waals surface area contributed by atoms with E-state index >= 15 is 0 Å². The standard InChI is InChI=1S/C16H31N3O/c1-3-14(4-2)13-18-9-11-19(12-10-18)16(20)17-15-7-5-6-8-15/h14-15H,3-13H2,1-2H3,(H,17,20). The summed E-state index contributed by atoms with van der Waals surface area (Å²) in [6.45, 7) is 9.60. The lowest BCUT2D eigenvalue weighted by Gasteiger charge is -2.36. The van der Waals surface area contributed by atoms with E-state index in [-0.39, 0.29) is 6.03 Å². The number of rotatable bonds is 5. The minimum atomic E-state index is 0.166. The van der Waals surface area contributed by atoms with Crippen molar-refractivity contribution in [2.75, 3.05) is 32.7 Å². The zero-order chi connectivity index (χ0) is 14.4. The van der Waals surface area contributed by atoms with Crippen LogP contribution in [0.5, 0.6) is 0 Å². The lowest BCUT2D eigenvalue weighted by atomic mass is 10.0. The molecular formula is C16H31N3O. The minimum absolute atomic E-state index is 0.166. The zero-order valence-electron chi connectivity index (χ0n) is 13.2. The number of hydrogen-bond acceptors (Lipinski definition) is 2. The number of amides is 2. The average Bonchev–Trinajstić information content (AvgIpc) is 2.98. The summed E-state index contributed by atoms with van der Waals surface area (Å²) in [5, 5.41) is 3.19. The smallest absolute Gasteiger partial charge is 0.317 e. The highest BCUT2D eigenvalue weighted by molar-refractivity contribution is 5.74. The third-order valence-corrected chi connectivity index (χ3v) is 5.01. The first kappa shape index (κ1) is 15.6. The number of urea groups is 1. The van der Waals surface area contributed by atoms with Crippen LogP contribution in [0.25, 0.3) is 0 Å². The Balaban J connectivity index is 1.69. The first-order valence-corrected chi connectivity index (χ1v) is 8.50. The van der Waals surface area contributed by atoms with Gasteiger partial charge in [0.05, 0.1) is 0 Å². The van der Waals surface area contributed by atoms with E-state index in [2.05, 4.69) is 24.1 Å². The van der Waals surface area contributed by atoms with Gasteiger partial charge in [0.2, 0.25) is 0 Å². The van der Waals surface area contributed by atoms with Gasteiger partial charge >= 0.3 is 6.03 Å². The van der Waals surface area contributed by atoms with Gasteiger partial charge in [-0.2, -0.15) is 0 Å². The van der Waals surface area contributed by atoms with E-state index in [9.17, 15) is 4.79 Å². The molecule has 1 aliphatic carbocycles. The van der Waals surface area contributed by atoms with Crippen LogP contribution in [0.3, 0.4) is 0 Å². The number of nitrogens with one attached hydrogen (secondary N) is 1. The van der Waals surface area contributed by atoms with Crippen LogP contribution in [0.1, 0.15) is 52.4 Å². The Morgan fingerprint density at radius 1 is 1.10 bits per heavy atom. The van der Waals surface area contributed by atoms with Crippen LogP contribution in [-0.2, 0) is 0 Å². The number of piperazine rings is 1. The third kappa shape index (κ3) is 4.37. The molecule has 0 radical (unpaired) electrons. The van der Waals surface area contributed by atoms with Gasteiger partial charge in [-0.25, -0.2) is 4.79 Å². The fourth-order valence-electron chi connectivity index (χ4n) is 3.38. The minimum Gasteiger partial charge on any atom is -0.335 e. The first-order valence-electron chi connectivity index (χ1n) is 8.50. The largest absolute Gasteiger partial charge is 0.335 e. The van der Waals surface area contributed by atoms with Crippen LogP contribution in [-0.4, -0.2) is 54.6 Å². The van der Waals surface area contributed by atoms with Crippen LogP contribution < -0.4 is 5.32 Å². The van der Waals surface area contributed by atoms with Crippen molar-refractivity contribution in [2.24, 2.45) is 5.92 Å². The Labute approximate surface area is 123 Å². The molecule has 1 aliphatic heterocycles. The lowest BCUT2D eigenvalue weighted by molar-refractivity contribution is 0.124. The molecule has 20 heavy (non-hydrogen) atoms. The number of carbonyl (C=O) groups is 1. The van der Waals surface area contributed by atoms with Crippen molar-refractivity contribution in [3.8, 4) is 0 Å². The van der Waals surface area contributed by atoms with Gasteiger partial charge in [-0.1, -0.05) is 39.5 Å². The van der Waals surface area contributed by atoms with E-state index in [0.717, 1.165) is 32.1 Å². The Kier molecular flexibility index (Phi) is 6.14. The molecule has 0 aromatic rings. The van der Waals surface area contributed by atoms with E-state index in [1.165, 1.54) is 45.1 Å². The van der Waals surface area contributed by atoms with Crippen LogP contribution in [0.15, 0.2) is 0 Å². The molecule has 0 aromatic carbocycles. The molecule has 1 heterocycles. The molecule has 0 spiro atoms. The molecule has 2 amide bonds. The van der Waals surface area contributed by atoms with Crippen LogP contribution in [0.2, 0.25) is 0 Å². The van der Waals surface area contributed by atoms with Gasteiger partial charge in [-0.15, -0.1) is 0 Å². The molecule has 2 rings (SSSR count). The van der Waals surface area contributed by atoms with E-state index < -0.39 is 0 Å². The molecule has 116 valence electrons. The zero-order valence-corrected chi connectivity index (χ0v) is 13.2. The molecule has 0 aromatic heterocycles. The molecule has 1 saturated carbocycles. The van der Waals surface area contributed by atoms with Gasteiger partial charge in [-0.05, 0) is 18.8 Å². The summed E-state index contributed by atoms with van der Waals surface area (Å²) in [4.78, 5) is 16.7. The Hall–Kier alpha value is -0.770. The normalized spacial score (nSPS) is 21.6. The molecule has 0 bridgehead atoms. The Bertz CT molecular complexity index is 290. The maximum atomic E-state index is 12.2. The predicted octanol–water partition coefficient (Wildman–Crippen LogP) is 2.69. The molecule has 0 unspecified atom stereocenters. The van der Waals surface area contributed by atoms with Gasteiger partial charge in [-0.3, -0.25) is 4.90 Å². The summed E-state index contributed by atoms with van der Waals surface area (Å²) in [6.07, 6.45) is 7.40. The topological polar surface area (TPSA) is 35.6 Å². The van der Waals surface area contributed by atoms with Crippen molar-refractivity contribution in [2.45, 2.75) is 58.4 Å². The van der Waals surface area contributed by atoms with Gasteiger partial charge < -0.3 is 10.2 Å². The van der Waals surface area contributed by atoms with Gasteiger partial charge in [0, 0.05) is 38.8 Å². The quantitative estimate of drug-likeness (QED) is 0.841. The van der Waals surface area contributed by atoms with E-state index in [4.69, 9.17) is 0 Å². The number of carbonyl (C=O) groups excluding carboxylic acids is 1. The van der Waals surface area contributed by atoms with Crippen molar-refractivity contribution in [1.29, 1.82) is 0 Å². The predicted molar refractivity (Wildman–Crippen MR) is 82.9 cm³/mol. The highest BCUT2D eigenvalue weighted by Crippen LogP contribution is 2.18. The molecule has 1 saturated heterocycles. The summed E-state index contributed by atoms with van der Waals surface area (Å²) in [5.41, 5.74) is 0. The maximum Gasteiger partial charge on any atom is 0.317 e. The van der Waals surface area contributed by atoms with Gasteiger partial charge in [0.25, 0.3) is 0 Å². The van der Waals surface area contributed by atoms with E-state index in [0.29, 0.717) is 6.04 Å². The number of nitrogens with zero attached hydrogens (tertiary/aromatic N) is 2. The lowest BCUT2D eigenvalue weighted by Crippen LogP contribution is -2.53. The second kappa shape index (κ2) is 7.87. The monoisotopic (exact) mass is 281 g/mol. The van der Waals surface area contributed by atoms with Crippen LogP contribution in [0.4, 0.5) is 4.79 Å². The highest BCUT2D eigenvalue weighted by atomic mass is 16.2. The van der Waals surface area contributed by atoms with Gasteiger partial charge in [0.1, 0.15) is 0 Å². The first-order chi connectivity index (χ1) is 9.72. The SMILES string of the molecule is CCC(CC)CN1CCN(C(=O)NC2CCCC2)CC1. The highest BCUT2D eigenvalue weighted by Gasteiger charge is 2.24. The summed E-state index contributed by atoms with van der Waals surface area (Å²) in [6, 6.07) is 0.601. The summed E-state index contributed by atoms with van der Waals surface area (Å²) >= 11 is 0. The Morgan fingerprint density at radius 3 is 2.25 bits per heavy atom. The summed E-state index contributed by atoms with van der Waals surface area (Å²) < 4.78 is 0. The maximum absolute atomic E-state index is 12.2. The Morgan fingerprint density at radius 2 is 1.70 bits per heavy atom. The fourth-order valence-corrected chi connectivity index (χ4v) is 3.38. The van der Waals surface area contributed by atoms with Crippen molar-refractivity contribution in [3.05, 3.63) is 0 Å². The molecule has 4 nitrogen and oxygen atoms in total. The van der Waals surface area contributed by atoms with Crippen molar-refractivity contribution in [3.63, 3.8) is 0 Å². The fraction of sp³-hybridized carbons (Fsp3) is 0.938. The summed E-state index contributed by atoms with van der Waals surface area (Å²) in [7, 11) is 0. The van der Waals surface area contributed by atoms with Crippen LogP contribution >= 0.6 is 0 Å². The molecule has 2 aliphatic rings. The molecule has 1 N–H and O–H groups in total. The van der Waals surface area contributed by atoms with Crippen molar-refractivity contribution >= 4 is 6.03 Å². The molecule has 4 heteroatoms. The summed E-state index contributed by atoms with van der Waals surface area (Å²) in [5.74, 6) is 0.814. The second-order valence-corrected chi connectivity index (χ2v) is 6.40. The van der Waals surface area contributed by atoms with E-state index in [1.54, 1.807) is 0 Å². The number of hydrogen-bond donors (Lipinski definition) is 1. The third-order valence-electron chi connectivity index (χ3n) is 5.01. The average molecular weight is 281 g/mol. The molecule has 0 atom stereocenters. The van der Waals surface area contributed by atoms with Gasteiger partial charge in [0.15, 0.2) is 0 Å². The second-order valence-electron chi connectivity index (χ2n) is 6.40. The van der Waals surface area contributed by atoms with Crippen molar-refractivity contribution < 1.29 is 4.79 Å². The molecule has 2 fully saturated rings. The molecular weight excluding hydrogens is 250 g/mol. The van der Waals surface area contributed by atoms with Crippen molar-refractivity contribution in [1.82, 2.24) is 15.1 Å².